The van der Waals surface area contributed by atoms with Crippen molar-refractivity contribution >= 4 is 31.6 Å². The molecule has 0 bridgehead atoms. The fraction of sp³-hybridized carbons (Fsp3) is 0.350. The van der Waals surface area contributed by atoms with Gasteiger partial charge in [-0.2, -0.15) is 0 Å². The van der Waals surface area contributed by atoms with Gasteiger partial charge in [0, 0.05) is 13.1 Å². The van der Waals surface area contributed by atoms with Gasteiger partial charge in [-0.05, 0) is 49.2 Å². The average molecular weight is 437 g/mol. The summed E-state index contributed by atoms with van der Waals surface area (Å²) < 4.78 is 41.2. The summed E-state index contributed by atoms with van der Waals surface area (Å²) in [7, 11) is -2.18. The Hall–Kier alpha value is -2.36. The van der Waals surface area contributed by atoms with Crippen LogP contribution >= 0.6 is 11.3 Å². The molecule has 2 aromatic carbocycles. The zero-order chi connectivity index (χ0) is 21.0. The number of hydrogen-bond acceptors (Lipinski definition) is 6. The van der Waals surface area contributed by atoms with Crippen molar-refractivity contribution in [3.63, 3.8) is 0 Å². The van der Waals surface area contributed by atoms with Crippen LogP contribution in [0, 0.1) is 0 Å². The SMILES string of the molecule is CCCn1c(=O)sc2cc(S(=O)(=O)NCc3ccc(OC)c(OCC)c3)ccc21. The van der Waals surface area contributed by atoms with Gasteiger partial charge in [0.1, 0.15) is 0 Å². The van der Waals surface area contributed by atoms with Gasteiger partial charge in [-0.1, -0.05) is 24.3 Å². The summed E-state index contributed by atoms with van der Waals surface area (Å²) in [5, 5.41) is 0. The van der Waals surface area contributed by atoms with Crippen LogP contribution in [-0.2, 0) is 23.1 Å². The lowest BCUT2D eigenvalue weighted by Crippen LogP contribution is -2.23. The first-order valence-electron chi connectivity index (χ1n) is 9.32. The second kappa shape index (κ2) is 8.98. The number of methoxy groups -OCH3 is 1. The number of ether oxygens (including phenoxy) is 2. The van der Waals surface area contributed by atoms with E-state index in [1.165, 1.54) is 6.07 Å². The number of rotatable bonds is 9. The second-order valence-electron chi connectivity index (χ2n) is 6.39. The Balaban J connectivity index is 1.83. The molecule has 0 saturated carbocycles. The smallest absolute Gasteiger partial charge is 0.308 e. The number of aryl methyl sites for hydroxylation is 1. The van der Waals surface area contributed by atoms with Crippen molar-refractivity contribution in [1.82, 2.24) is 9.29 Å². The summed E-state index contributed by atoms with van der Waals surface area (Å²) in [6.07, 6.45) is 0.832. The van der Waals surface area contributed by atoms with Gasteiger partial charge in [-0.3, -0.25) is 9.36 Å². The van der Waals surface area contributed by atoms with E-state index in [0.717, 1.165) is 28.8 Å². The highest BCUT2D eigenvalue weighted by molar-refractivity contribution is 7.89. The molecule has 0 unspecified atom stereocenters. The molecule has 156 valence electrons. The van der Waals surface area contributed by atoms with Crippen molar-refractivity contribution < 1.29 is 17.9 Å². The highest BCUT2D eigenvalue weighted by Crippen LogP contribution is 2.28. The molecule has 0 saturated heterocycles. The van der Waals surface area contributed by atoms with E-state index >= 15 is 0 Å². The molecule has 29 heavy (non-hydrogen) atoms. The van der Waals surface area contributed by atoms with Crippen LogP contribution in [-0.4, -0.2) is 26.7 Å². The summed E-state index contributed by atoms with van der Waals surface area (Å²) >= 11 is 1.06. The van der Waals surface area contributed by atoms with Gasteiger partial charge >= 0.3 is 4.87 Å². The molecule has 0 amide bonds. The first kappa shape index (κ1) is 21.4. The fourth-order valence-corrected chi connectivity index (χ4v) is 5.09. The number of hydrogen-bond donors (Lipinski definition) is 1. The van der Waals surface area contributed by atoms with Crippen LogP contribution in [0.2, 0.25) is 0 Å². The number of nitrogens with one attached hydrogen (secondary N) is 1. The van der Waals surface area contributed by atoms with Crippen molar-refractivity contribution in [1.29, 1.82) is 0 Å². The van der Waals surface area contributed by atoms with E-state index in [0.29, 0.717) is 29.4 Å². The lowest BCUT2D eigenvalue weighted by atomic mass is 10.2. The van der Waals surface area contributed by atoms with E-state index in [1.54, 1.807) is 42.0 Å². The summed E-state index contributed by atoms with van der Waals surface area (Å²) in [6.45, 7) is 5.06. The number of nitrogens with zero attached hydrogens (tertiary/aromatic N) is 1. The van der Waals surface area contributed by atoms with Crippen LogP contribution in [0.1, 0.15) is 25.8 Å². The normalized spacial score (nSPS) is 11.7. The van der Waals surface area contributed by atoms with E-state index in [-0.39, 0.29) is 16.3 Å². The van der Waals surface area contributed by atoms with Gasteiger partial charge in [0.2, 0.25) is 10.0 Å². The predicted molar refractivity (Wildman–Crippen MR) is 115 cm³/mol. The average Bonchev–Trinajstić information content (AvgIpc) is 3.02. The van der Waals surface area contributed by atoms with E-state index in [2.05, 4.69) is 4.72 Å². The van der Waals surface area contributed by atoms with Gasteiger partial charge in [0.05, 0.1) is 28.8 Å². The molecule has 0 fully saturated rings. The van der Waals surface area contributed by atoms with Gasteiger partial charge in [-0.15, -0.1) is 0 Å². The number of sulfonamides is 1. The molecule has 3 aromatic rings. The van der Waals surface area contributed by atoms with Crippen molar-refractivity contribution in [3.8, 4) is 11.5 Å². The highest BCUT2D eigenvalue weighted by Gasteiger charge is 2.17. The Labute approximate surface area is 173 Å². The van der Waals surface area contributed by atoms with Gasteiger partial charge in [0.15, 0.2) is 11.5 Å². The zero-order valence-electron chi connectivity index (χ0n) is 16.6. The van der Waals surface area contributed by atoms with Crippen LogP contribution in [0.15, 0.2) is 46.1 Å². The third-order valence-corrected chi connectivity index (χ3v) is 6.73. The maximum Gasteiger partial charge on any atom is 0.308 e. The quantitative estimate of drug-likeness (QED) is 0.556. The standard InChI is InChI=1S/C20H24N2O5S2/c1-4-10-22-16-8-7-15(12-19(16)28-20(22)23)29(24,25)21-13-14-6-9-17(26-3)18(11-14)27-5-2/h6-9,11-12,21H,4-5,10,13H2,1-3H3. The number of aromatic nitrogens is 1. The van der Waals surface area contributed by atoms with Crippen LogP contribution < -0.4 is 19.1 Å². The predicted octanol–water partition coefficient (Wildman–Crippen LogP) is 3.36. The Morgan fingerprint density at radius 3 is 2.59 bits per heavy atom. The third-order valence-electron chi connectivity index (χ3n) is 4.39. The molecular weight excluding hydrogens is 412 g/mol. The summed E-state index contributed by atoms with van der Waals surface area (Å²) in [6, 6.07) is 10.1. The van der Waals surface area contributed by atoms with Crippen LogP contribution in [0.3, 0.4) is 0 Å². The first-order chi connectivity index (χ1) is 13.9. The van der Waals surface area contributed by atoms with Crippen molar-refractivity contribution in [2.75, 3.05) is 13.7 Å². The fourth-order valence-electron chi connectivity index (χ4n) is 3.01. The first-order valence-corrected chi connectivity index (χ1v) is 11.6. The molecule has 0 aliphatic rings. The second-order valence-corrected chi connectivity index (χ2v) is 9.15. The number of thiazole rings is 1. The van der Waals surface area contributed by atoms with Crippen molar-refractivity contribution in [2.24, 2.45) is 0 Å². The third kappa shape index (κ3) is 4.63. The van der Waals surface area contributed by atoms with Crippen LogP contribution in [0.25, 0.3) is 10.2 Å². The van der Waals surface area contributed by atoms with Crippen LogP contribution in [0.4, 0.5) is 0 Å². The molecule has 0 atom stereocenters. The van der Waals surface area contributed by atoms with E-state index in [9.17, 15) is 13.2 Å². The van der Waals surface area contributed by atoms with Crippen LogP contribution in [0.5, 0.6) is 11.5 Å². The number of benzene rings is 2. The lowest BCUT2D eigenvalue weighted by Gasteiger charge is -2.12. The summed E-state index contributed by atoms with van der Waals surface area (Å²) in [5.74, 6) is 1.16. The van der Waals surface area contributed by atoms with E-state index in [4.69, 9.17) is 9.47 Å². The summed E-state index contributed by atoms with van der Waals surface area (Å²) in [5.41, 5.74) is 1.51. The largest absolute Gasteiger partial charge is 0.493 e. The minimum absolute atomic E-state index is 0.0777. The van der Waals surface area contributed by atoms with Gasteiger partial charge in [-0.25, -0.2) is 13.1 Å². The highest BCUT2D eigenvalue weighted by atomic mass is 32.2. The van der Waals surface area contributed by atoms with Gasteiger partial charge < -0.3 is 9.47 Å². The Morgan fingerprint density at radius 1 is 1.10 bits per heavy atom. The number of fused-ring (bicyclic) bond motifs is 1. The lowest BCUT2D eigenvalue weighted by molar-refractivity contribution is 0.310. The van der Waals surface area contributed by atoms with Crippen molar-refractivity contribution in [2.45, 2.75) is 38.3 Å². The van der Waals surface area contributed by atoms with E-state index in [1.807, 2.05) is 13.8 Å². The monoisotopic (exact) mass is 436 g/mol. The molecule has 0 aliphatic heterocycles. The molecule has 1 heterocycles. The molecule has 1 N–H and O–H groups in total. The van der Waals surface area contributed by atoms with E-state index < -0.39 is 10.0 Å². The maximum atomic E-state index is 12.8. The Bertz CT molecular complexity index is 1170. The molecule has 0 aliphatic carbocycles. The molecule has 0 spiro atoms. The topological polar surface area (TPSA) is 86.6 Å². The van der Waals surface area contributed by atoms with Crippen molar-refractivity contribution in [3.05, 3.63) is 51.6 Å². The Morgan fingerprint density at radius 2 is 1.90 bits per heavy atom. The molecular formula is C20H24N2O5S2. The minimum Gasteiger partial charge on any atom is -0.493 e. The summed E-state index contributed by atoms with van der Waals surface area (Å²) in [4.78, 5) is 12.2. The zero-order valence-corrected chi connectivity index (χ0v) is 18.2. The molecule has 9 heteroatoms. The molecule has 7 nitrogen and oxygen atoms in total. The maximum absolute atomic E-state index is 12.8. The van der Waals surface area contributed by atoms with Gasteiger partial charge in [0.25, 0.3) is 0 Å². The molecule has 3 rings (SSSR count). The molecule has 0 radical (unpaired) electrons. The molecule has 1 aromatic heterocycles. The minimum atomic E-state index is -3.73. The Kier molecular flexibility index (Phi) is 6.61.